The van der Waals surface area contributed by atoms with Gasteiger partial charge in [0.15, 0.2) is 0 Å². The highest BCUT2D eigenvalue weighted by Gasteiger charge is 2.23. The van der Waals surface area contributed by atoms with Gasteiger partial charge in [-0.1, -0.05) is 44.2 Å². The van der Waals surface area contributed by atoms with Crippen LogP contribution in [0.5, 0.6) is 0 Å². The van der Waals surface area contributed by atoms with Crippen molar-refractivity contribution in [1.29, 1.82) is 0 Å². The maximum Gasteiger partial charge on any atom is 0.312 e. The summed E-state index contributed by atoms with van der Waals surface area (Å²) in [4.78, 5) is 29.0. The van der Waals surface area contributed by atoms with Gasteiger partial charge in [0, 0.05) is 6.54 Å². The fraction of sp³-hybridized carbons (Fsp3) is 0.389. The van der Waals surface area contributed by atoms with E-state index in [1.165, 1.54) is 11.3 Å². The summed E-state index contributed by atoms with van der Waals surface area (Å²) in [6.07, 6.45) is 0.730. The molecule has 2 N–H and O–H groups in total. The molecule has 6 heteroatoms. The average Bonchev–Trinajstić information content (AvgIpc) is 2.88. The molecule has 0 aliphatic rings. The number of carboxylic acids is 1. The lowest BCUT2D eigenvalue weighted by atomic mass is 9.99. The molecule has 0 spiro atoms. The minimum Gasteiger partial charge on any atom is -0.481 e. The lowest BCUT2D eigenvalue weighted by Crippen LogP contribution is -2.31. The normalized spacial score (nSPS) is 12.2. The first-order valence-electron chi connectivity index (χ1n) is 7.90. The Bertz CT molecular complexity index is 710. The SMILES string of the molecule is Cc1nc(CC(C)C)c(C(=O)NCC(C(=O)O)c2ccccc2)s1. The Morgan fingerprint density at radius 2 is 1.92 bits per heavy atom. The summed E-state index contributed by atoms with van der Waals surface area (Å²) in [7, 11) is 0. The first-order chi connectivity index (χ1) is 11.4. The number of thiazole rings is 1. The van der Waals surface area contributed by atoms with Crippen LogP contribution in [0.4, 0.5) is 0 Å². The van der Waals surface area contributed by atoms with E-state index in [1.807, 2.05) is 13.0 Å². The number of nitrogens with zero attached hydrogens (tertiary/aromatic N) is 1. The Morgan fingerprint density at radius 1 is 1.25 bits per heavy atom. The number of hydrogen-bond donors (Lipinski definition) is 2. The fourth-order valence-corrected chi connectivity index (χ4v) is 3.34. The van der Waals surface area contributed by atoms with E-state index in [1.54, 1.807) is 24.3 Å². The number of aryl methyl sites for hydroxylation is 1. The Hall–Kier alpha value is -2.21. The van der Waals surface area contributed by atoms with Gasteiger partial charge in [0.1, 0.15) is 4.88 Å². The van der Waals surface area contributed by atoms with Gasteiger partial charge in [-0.05, 0) is 24.8 Å². The fourth-order valence-electron chi connectivity index (χ4n) is 2.48. The zero-order chi connectivity index (χ0) is 17.7. The highest BCUT2D eigenvalue weighted by Crippen LogP contribution is 2.21. The minimum atomic E-state index is -0.954. The number of aromatic nitrogens is 1. The summed E-state index contributed by atoms with van der Waals surface area (Å²) >= 11 is 1.35. The maximum atomic E-state index is 12.5. The Labute approximate surface area is 145 Å². The van der Waals surface area contributed by atoms with E-state index in [-0.39, 0.29) is 12.5 Å². The molecule has 0 fully saturated rings. The van der Waals surface area contributed by atoms with Crippen molar-refractivity contribution in [3.8, 4) is 0 Å². The van der Waals surface area contributed by atoms with E-state index < -0.39 is 11.9 Å². The minimum absolute atomic E-state index is 0.0518. The van der Waals surface area contributed by atoms with Crippen molar-refractivity contribution in [1.82, 2.24) is 10.3 Å². The van der Waals surface area contributed by atoms with E-state index in [0.29, 0.717) is 16.4 Å². The van der Waals surface area contributed by atoms with Crippen molar-refractivity contribution < 1.29 is 14.7 Å². The lowest BCUT2D eigenvalue weighted by Gasteiger charge is -2.14. The number of carbonyl (C=O) groups excluding carboxylic acids is 1. The molecule has 24 heavy (non-hydrogen) atoms. The second kappa shape index (κ2) is 8.06. The third kappa shape index (κ3) is 4.64. The van der Waals surface area contributed by atoms with E-state index in [2.05, 4.69) is 24.1 Å². The van der Waals surface area contributed by atoms with Crippen molar-refractivity contribution in [3.05, 3.63) is 51.5 Å². The summed E-state index contributed by atoms with van der Waals surface area (Å²) in [5, 5.41) is 13.0. The molecule has 5 nitrogen and oxygen atoms in total. The molecule has 2 aromatic rings. The van der Waals surface area contributed by atoms with Crippen LogP contribution in [0.25, 0.3) is 0 Å². The third-order valence-corrected chi connectivity index (χ3v) is 4.59. The largest absolute Gasteiger partial charge is 0.481 e. The molecule has 1 aromatic heterocycles. The van der Waals surface area contributed by atoms with Gasteiger partial charge in [0.05, 0.1) is 16.6 Å². The van der Waals surface area contributed by atoms with Crippen LogP contribution in [0.1, 0.15) is 45.7 Å². The summed E-state index contributed by atoms with van der Waals surface area (Å²) in [5.74, 6) is -1.57. The molecule has 0 aliphatic carbocycles. The van der Waals surface area contributed by atoms with Crippen LogP contribution in [-0.2, 0) is 11.2 Å². The Balaban J connectivity index is 2.10. The predicted molar refractivity (Wildman–Crippen MR) is 94.5 cm³/mol. The monoisotopic (exact) mass is 346 g/mol. The highest BCUT2D eigenvalue weighted by molar-refractivity contribution is 7.13. The van der Waals surface area contributed by atoms with Crippen molar-refractivity contribution in [3.63, 3.8) is 0 Å². The van der Waals surface area contributed by atoms with Crippen LogP contribution in [0.2, 0.25) is 0 Å². The molecule has 2 rings (SSSR count). The van der Waals surface area contributed by atoms with Crippen molar-refractivity contribution in [2.24, 2.45) is 5.92 Å². The molecule has 0 radical (unpaired) electrons. The summed E-state index contributed by atoms with van der Waals surface area (Å²) in [6.45, 7) is 6.07. The standard InChI is InChI=1S/C18H22N2O3S/c1-11(2)9-15-16(24-12(3)20-15)17(21)19-10-14(18(22)23)13-7-5-4-6-8-13/h4-8,11,14H,9-10H2,1-3H3,(H,19,21)(H,22,23). The average molecular weight is 346 g/mol. The smallest absolute Gasteiger partial charge is 0.312 e. The third-order valence-electron chi connectivity index (χ3n) is 3.58. The molecular formula is C18H22N2O3S. The molecule has 0 bridgehead atoms. The van der Waals surface area contributed by atoms with E-state index in [9.17, 15) is 14.7 Å². The number of carboxylic acid groups (broad SMARTS) is 1. The van der Waals surface area contributed by atoms with Crippen LogP contribution in [0.15, 0.2) is 30.3 Å². The molecular weight excluding hydrogens is 324 g/mol. The van der Waals surface area contributed by atoms with Gasteiger partial charge in [-0.3, -0.25) is 9.59 Å². The van der Waals surface area contributed by atoms with Crippen molar-refractivity contribution >= 4 is 23.2 Å². The molecule has 1 heterocycles. The van der Waals surface area contributed by atoms with E-state index in [0.717, 1.165) is 17.1 Å². The first-order valence-corrected chi connectivity index (χ1v) is 8.72. The topological polar surface area (TPSA) is 79.3 Å². The predicted octanol–water partition coefficient (Wildman–Crippen LogP) is 3.25. The molecule has 0 saturated carbocycles. The van der Waals surface area contributed by atoms with Gasteiger partial charge in [-0.2, -0.15) is 0 Å². The molecule has 0 saturated heterocycles. The number of carbonyl (C=O) groups is 2. The zero-order valence-electron chi connectivity index (χ0n) is 14.1. The van der Waals surface area contributed by atoms with Gasteiger partial charge in [0.2, 0.25) is 0 Å². The molecule has 0 aliphatic heterocycles. The summed E-state index contributed by atoms with van der Waals surface area (Å²) in [6, 6.07) is 8.93. The van der Waals surface area contributed by atoms with Gasteiger partial charge < -0.3 is 10.4 Å². The summed E-state index contributed by atoms with van der Waals surface area (Å²) < 4.78 is 0. The van der Waals surface area contributed by atoms with Crippen LogP contribution in [0.3, 0.4) is 0 Å². The Morgan fingerprint density at radius 3 is 2.50 bits per heavy atom. The van der Waals surface area contributed by atoms with Crippen LogP contribution >= 0.6 is 11.3 Å². The number of rotatable bonds is 7. The number of benzene rings is 1. The highest BCUT2D eigenvalue weighted by atomic mass is 32.1. The number of hydrogen-bond acceptors (Lipinski definition) is 4. The van der Waals surface area contributed by atoms with Crippen molar-refractivity contribution in [2.75, 3.05) is 6.54 Å². The number of amides is 1. The summed E-state index contributed by atoms with van der Waals surface area (Å²) in [5.41, 5.74) is 1.46. The zero-order valence-corrected chi connectivity index (χ0v) is 14.9. The number of nitrogens with one attached hydrogen (secondary N) is 1. The lowest BCUT2D eigenvalue weighted by molar-refractivity contribution is -0.138. The van der Waals surface area contributed by atoms with Gasteiger partial charge in [-0.15, -0.1) is 11.3 Å². The molecule has 1 unspecified atom stereocenters. The van der Waals surface area contributed by atoms with Gasteiger partial charge in [0.25, 0.3) is 5.91 Å². The molecule has 1 atom stereocenters. The van der Waals surface area contributed by atoms with E-state index >= 15 is 0 Å². The van der Waals surface area contributed by atoms with Crippen LogP contribution < -0.4 is 5.32 Å². The van der Waals surface area contributed by atoms with Crippen LogP contribution in [0, 0.1) is 12.8 Å². The Kier molecular flexibility index (Phi) is 6.09. The molecule has 1 amide bonds. The van der Waals surface area contributed by atoms with Crippen LogP contribution in [-0.4, -0.2) is 28.5 Å². The second-order valence-electron chi connectivity index (χ2n) is 6.12. The molecule has 1 aromatic carbocycles. The van der Waals surface area contributed by atoms with Crippen molar-refractivity contribution in [2.45, 2.75) is 33.1 Å². The van der Waals surface area contributed by atoms with E-state index in [4.69, 9.17) is 0 Å². The second-order valence-corrected chi connectivity index (χ2v) is 7.32. The first kappa shape index (κ1) is 18.1. The number of aliphatic carboxylic acids is 1. The molecule has 128 valence electrons. The quantitative estimate of drug-likeness (QED) is 0.806. The maximum absolute atomic E-state index is 12.5. The van der Waals surface area contributed by atoms with Gasteiger partial charge >= 0.3 is 5.97 Å². The van der Waals surface area contributed by atoms with Gasteiger partial charge in [-0.25, -0.2) is 4.98 Å².